The van der Waals surface area contributed by atoms with Gasteiger partial charge in [-0.1, -0.05) is 6.07 Å². The Morgan fingerprint density at radius 3 is 2.68 bits per heavy atom. The number of nitrogens with zero attached hydrogens (tertiary/aromatic N) is 2. The fourth-order valence-electron chi connectivity index (χ4n) is 3.46. The molecule has 1 aromatic heterocycles. The summed E-state index contributed by atoms with van der Waals surface area (Å²) in [5.74, 6) is -0.202. The Balaban J connectivity index is 1.37. The first-order valence-electron chi connectivity index (χ1n) is 8.96. The van der Waals surface area contributed by atoms with Crippen LogP contribution in [0.1, 0.15) is 18.4 Å². The number of halogens is 3. The Bertz CT molecular complexity index is 994. The third-order valence-electron chi connectivity index (χ3n) is 5.00. The number of anilines is 2. The Morgan fingerprint density at radius 1 is 1.14 bits per heavy atom. The zero-order valence-corrected chi connectivity index (χ0v) is 15.7. The van der Waals surface area contributed by atoms with Crippen molar-refractivity contribution in [1.82, 2.24) is 4.98 Å². The van der Waals surface area contributed by atoms with Gasteiger partial charge in [-0.05, 0) is 49.2 Å². The van der Waals surface area contributed by atoms with E-state index in [1.807, 2.05) is 23.1 Å². The van der Waals surface area contributed by atoms with Crippen LogP contribution in [0.25, 0.3) is 10.2 Å². The maximum Gasteiger partial charge on any atom is 0.416 e. The van der Waals surface area contributed by atoms with Gasteiger partial charge < -0.3 is 10.2 Å². The van der Waals surface area contributed by atoms with Gasteiger partial charge >= 0.3 is 6.18 Å². The summed E-state index contributed by atoms with van der Waals surface area (Å²) >= 11 is 1.52. The molecule has 4 nitrogen and oxygen atoms in total. The number of piperidine rings is 1. The number of hydrogen-bond donors (Lipinski definition) is 1. The van der Waals surface area contributed by atoms with E-state index in [4.69, 9.17) is 0 Å². The highest BCUT2D eigenvalue weighted by molar-refractivity contribution is 7.16. The molecule has 2 aromatic carbocycles. The number of carbonyl (C=O) groups is 1. The zero-order chi connectivity index (χ0) is 19.7. The quantitative estimate of drug-likeness (QED) is 0.654. The molecular weight excluding hydrogens is 387 g/mol. The van der Waals surface area contributed by atoms with E-state index in [-0.39, 0.29) is 11.8 Å². The second-order valence-corrected chi connectivity index (χ2v) is 7.72. The molecule has 2 heterocycles. The minimum atomic E-state index is -4.35. The van der Waals surface area contributed by atoms with Crippen LogP contribution in [0.15, 0.2) is 48.0 Å². The van der Waals surface area contributed by atoms with Crippen LogP contribution in [0.4, 0.5) is 24.5 Å². The molecule has 0 spiro atoms. The largest absolute Gasteiger partial charge is 0.416 e. The van der Waals surface area contributed by atoms with Gasteiger partial charge in [0.05, 0.1) is 21.3 Å². The van der Waals surface area contributed by atoms with Crippen molar-refractivity contribution < 1.29 is 18.0 Å². The van der Waals surface area contributed by atoms with Gasteiger partial charge in [-0.25, -0.2) is 4.98 Å². The molecule has 8 heteroatoms. The smallest absolute Gasteiger partial charge is 0.371 e. The Labute approximate surface area is 164 Å². The molecular formula is C20H18F3N3OS. The van der Waals surface area contributed by atoms with E-state index in [0.29, 0.717) is 31.6 Å². The van der Waals surface area contributed by atoms with Crippen LogP contribution in [0.5, 0.6) is 0 Å². The molecule has 0 bridgehead atoms. The molecule has 3 aromatic rings. The van der Waals surface area contributed by atoms with Gasteiger partial charge in [0, 0.05) is 30.4 Å². The van der Waals surface area contributed by atoms with Crippen molar-refractivity contribution in [3.8, 4) is 0 Å². The summed E-state index contributed by atoms with van der Waals surface area (Å²) in [6.45, 7) is 1.10. The van der Waals surface area contributed by atoms with Crippen LogP contribution in [-0.4, -0.2) is 24.0 Å². The lowest BCUT2D eigenvalue weighted by Gasteiger charge is -2.33. The average Bonchev–Trinajstić information content (AvgIpc) is 3.15. The molecule has 1 aliphatic rings. The monoisotopic (exact) mass is 405 g/mol. The van der Waals surface area contributed by atoms with E-state index in [0.717, 1.165) is 22.0 Å². The number of hydrogen-bond acceptors (Lipinski definition) is 4. The normalized spacial score (nSPS) is 15.8. The molecule has 146 valence electrons. The molecule has 28 heavy (non-hydrogen) atoms. The minimum absolute atomic E-state index is 0.0486. The van der Waals surface area contributed by atoms with Crippen molar-refractivity contribution in [1.29, 1.82) is 0 Å². The van der Waals surface area contributed by atoms with E-state index in [2.05, 4.69) is 10.3 Å². The number of benzene rings is 2. The highest BCUT2D eigenvalue weighted by Gasteiger charge is 2.31. The van der Waals surface area contributed by atoms with Gasteiger partial charge in [-0.2, -0.15) is 13.2 Å². The molecule has 0 atom stereocenters. The second kappa shape index (κ2) is 7.43. The maximum atomic E-state index is 12.9. The Morgan fingerprint density at radius 2 is 1.93 bits per heavy atom. The lowest BCUT2D eigenvalue weighted by Crippen LogP contribution is -2.38. The van der Waals surface area contributed by atoms with Gasteiger partial charge in [0.15, 0.2) is 0 Å². The molecule has 0 radical (unpaired) electrons. The number of alkyl halides is 3. The van der Waals surface area contributed by atoms with Gasteiger partial charge in [0.1, 0.15) is 0 Å². The summed E-state index contributed by atoms with van der Waals surface area (Å²) in [6, 6.07) is 11.0. The Kier molecular flexibility index (Phi) is 4.97. The summed E-state index contributed by atoms with van der Waals surface area (Å²) < 4.78 is 39.7. The first-order valence-corrected chi connectivity index (χ1v) is 9.84. The Hall–Kier alpha value is -2.61. The number of nitrogens with one attached hydrogen (secondary N) is 1. The van der Waals surface area contributed by atoms with E-state index < -0.39 is 11.7 Å². The minimum Gasteiger partial charge on any atom is -0.371 e. The first kappa shape index (κ1) is 18.7. The maximum absolute atomic E-state index is 12.9. The van der Waals surface area contributed by atoms with Crippen LogP contribution in [0.2, 0.25) is 0 Å². The molecule has 1 saturated heterocycles. The van der Waals surface area contributed by atoms with E-state index in [9.17, 15) is 18.0 Å². The van der Waals surface area contributed by atoms with Gasteiger partial charge in [-0.3, -0.25) is 4.79 Å². The lowest BCUT2D eigenvalue weighted by atomic mass is 9.95. The number of rotatable bonds is 3. The number of fused-ring (bicyclic) bond motifs is 1. The molecule has 4 rings (SSSR count). The average molecular weight is 405 g/mol. The van der Waals surface area contributed by atoms with Crippen LogP contribution in [0.3, 0.4) is 0 Å². The van der Waals surface area contributed by atoms with E-state index in [1.165, 1.54) is 23.5 Å². The predicted molar refractivity (Wildman–Crippen MR) is 105 cm³/mol. The number of amides is 1. The van der Waals surface area contributed by atoms with Crippen molar-refractivity contribution in [3.05, 3.63) is 53.5 Å². The lowest BCUT2D eigenvalue weighted by molar-refractivity contribution is -0.137. The molecule has 1 N–H and O–H groups in total. The highest BCUT2D eigenvalue weighted by atomic mass is 32.1. The molecule has 1 aliphatic heterocycles. The summed E-state index contributed by atoms with van der Waals surface area (Å²) in [6.07, 6.45) is -3.15. The molecule has 0 unspecified atom stereocenters. The second-order valence-electron chi connectivity index (χ2n) is 6.83. The standard InChI is InChI=1S/C20H18F3N3OS/c21-20(22,23)14-2-1-3-16(10-14)26-8-6-13(7-9-26)19(27)25-15-4-5-17-18(11-15)28-12-24-17/h1-5,10-13H,6-9H2,(H,25,27). The third-order valence-corrected chi connectivity index (χ3v) is 5.79. The van der Waals surface area contributed by atoms with Crippen LogP contribution >= 0.6 is 11.3 Å². The summed E-state index contributed by atoms with van der Waals surface area (Å²) in [5.41, 5.74) is 3.30. The fourth-order valence-corrected chi connectivity index (χ4v) is 4.17. The summed E-state index contributed by atoms with van der Waals surface area (Å²) in [5, 5.41) is 2.95. The zero-order valence-electron chi connectivity index (χ0n) is 14.9. The predicted octanol–water partition coefficient (Wildman–Crippen LogP) is 5.17. The summed E-state index contributed by atoms with van der Waals surface area (Å²) in [7, 11) is 0. The number of carbonyl (C=O) groups excluding carboxylic acids is 1. The molecule has 1 fully saturated rings. The van der Waals surface area contributed by atoms with Crippen LogP contribution in [-0.2, 0) is 11.0 Å². The topological polar surface area (TPSA) is 45.2 Å². The fraction of sp³-hybridized carbons (Fsp3) is 0.300. The van der Waals surface area contributed by atoms with Crippen molar-refractivity contribution >= 4 is 38.8 Å². The van der Waals surface area contributed by atoms with Crippen molar-refractivity contribution in [2.45, 2.75) is 19.0 Å². The van der Waals surface area contributed by atoms with Crippen molar-refractivity contribution in [2.75, 3.05) is 23.3 Å². The molecule has 0 saturated carbocycles. The highest BCUT2D eigenvalue weighted by Crippen LogP contribution is 2.33. The number of thiazole rings is 1. The first-order chi connectivity index (χ1) is 13.4. The molecule has 0 aliphatic carbocycles. The van der Waals surface area contributed by atoms with Crippen molar-refractivity contribution in [2.24, 2.45) is 5.92 Å². The van der Waals surface area contributed by atoms with Crippen LogP contribution < -0.4 is 10.2 Å². The van der Waals surface area contributed by atoms with Gasteiger partial charge in [0.25, 0.3) is 0 Å². The van der Waals surface area contributed by atoms with Gasteiger partial charge in [0.2, 0.25) is 5.91 Å². The van der Waals surface area contributed by atoms with E-state index in [1.54, 1.807) is 11.6 Å². The summed E-state index contributed by atoms with van der Waals surface area (Å²) in [4.78, 5) is 18.7. The molecule has 1 amide bonds. The van der Waals surface area contributed by atoms with E-state index >= 15 is 0 Å². The van der Waals surface area contributed by atoms with Crippen LogP contribution in [0, 0.1) is 5.92 Å². The third kappa shape index (κ3) is 3.96. The van der Waals surface area contributed by atoms with Crippen molar-refractivity contribution in [3.63, 3.8) is 0 Å². The SMILES string of the molecule is O=C(Nc1ccc2ncsc2c1)C1CCN(c2cccc(C(F)(F)F)c2)CC1. The number of aromatic nitrogens is 1. The van der Waals surface area contributed by atoms with Gasteiger partial charge in [-0.15, -0.1) is 11.3 Å².